The first-order valence-corrected chi connectivity index (χ1v) is 5.11. The fourth-order valence-corrected chi connectivity index (χ4v) is 1.44. The van der Waals surface area contributed by atoms with Crippen LogP contribution in [0.3, 0.4) is 0 Å². The molecule has 0 unspecified atom stereocenters. The minimum Gasteiger partial charge on any atom is -0.545 e. The highest BCUT2D eigenvalue weighted by Gasteiger charge is 1.97. The Morgan fingerprint density at radius 2 is 2.07 bits per heavy atom. The molecule has 0 saturated carbocycles. The van der Waals surface area contributed by atoms with Crippen molar-refractivity contribution < 1.29 is 14.7 Å². The molecule has 0 bridgehead atoms. The number of hydrogen-bond donors (Lipinski definition) is 1. The molecule has 0 heterocycles. The van der Waals surface area contributed by atoms with E-state index in [1.54, 1.807) is 18.2 Å². The molecule has 0 spiro atoms. The van der Waals surface area contributed by atoms with E-state index in [-0.39, 0.29) is 0 Å². The average molecular weight is 316 g/mol. The molecule has 0 saturated heterocycles. The van der Waals surface area contributed by atoms with Crippen molar-refractivity contribution >= 4 is 40.2 Å². The standard InChI is InChI=1S/C10H8INO3/c11-7-2-1-3-8(6-7)12-9(13)4-5-10(14)15/h1-6H,(H,12,13)(H,14,15)/p-1/b5-4+. The molecule has 1 rings (SSSR count). The van der Waals surface area contributed by atoms with Crippen LogP contribution in [0, 0.1) is 3.57 Å². The largest absolute Gasteiger partial charge is 0.545 e. The maximum atomic E-state index is 11.1. The van der Waals surface area contributed by atoms with Crippen LogP contribution < -0.4 is 10.4 Å². The summed E-state index contributed by atoms with van der Waals surface area (Å²) < 4.78 is 0.981. The maximum absolute atomic E-state index is 11.1. The molecule has 0 aliphatic carbocycles. The highest BCUT2D eigenvalue weighted by atomic mass is 127. The van der Waals surface area contributed by atoms with Gasteiger partial charge in [-0.1, -0.05) is 6.07 Å². The van der Waals surface area contributed by atoms with Gasteiger partial charge in [-0.2, -0.15) is 0 Å². The number of anilines is 1. The molecular weight excluding hydrogens is 309 g/mol. The van der Waals surface area contributed by atoms with Crippen molar-refractivity contribution in [2.24, 2.45) is 0 Å². The van der Waals surface area contributed by atoms with Gasteiger partial charge in [0.25, 0.3) is 0 Å². The number of carboxylic acid groups (broad SMARTS) is 1. The minimum absolute atomic E-state index is 0.499. The molecular formula is C10H7INO3-. The Hall–Kier alpha value is -1.37. The quantitative estimate of drug-likeness (QED) is 0.653. The van der Waals surface area contributed by atoms with E-state index in [9.17, 15) is 14.7 Å². The highest BCUT2D eigenvalue weighted by molar-refractivity contribution is 14.1. The second-order valence-electron chi connectivity index (χ2n) is 2.65. The van der Waals surface area contributed by atoms with Crippen LogP contribution in [0.4, 0.5) is 5.69 Å². The Balaban J connectivity index is 2.63. The van der Waals surface area contributed by atoms with Gasteiger partial charge in [0.05, 0.1) is 5.97 Å². The lowest BCUT2D eigenvalue weighted by molar-refractivity contribution is -0.297. The average Bonchev–Trinajstić information content (AvgIpc) is 2.15. The zero-order valence-electron chi connectivity index (χ0n) is 7.57. The fraction of sp³-hybridized carbons (Fsp3) is 0. The predicted octanol–water partition coefficient (Wildman–Crippen LogP) is 0.536. The Morgan fingerprint density at radius 1 is 1.33 bits per heavy atom. The van der Waals surface area contributed by atoms with Crippen molar-refractivity contribution in [1.82, 2.24) is 0 Å². The van der Waals surface area contributed by atoms with E-state index in [2.05, 4.69) is 27.9 Å². The van der Waals surface area contributed by atoms with Crippen molar-refractivity contribution in [2.75, 3.05) is 5.32 Å². The Bertz CT molecular complexity index is 415. The summed E-state index contributed by atoms with van der Waals surface area (Å²) in [6, 6.07) is 7.16. The number of amides is 1. The molecule has 0 aliphatic heterocycles. The number of carbonyl (C=O) groups is 2. The van der Waals surface area contributed by atoms with Crippen LogP contribution in [0.25, 0.3) is 0 Å². The first-order valence-electron chi connectivity index (χ1n) is 4.03. The summed E-state index contributed by atoms with van der Waals surface area (Å²) in [6.07, 6.45) is 1.60. The summed E-state index contributed by atoms with van der Waals surface area (Å²) in [5, 5.41) is 12.5. The lowest BCUT2D eigenvalue weighted by Crippen LogP contribution is -2.20. The van der Waals surface area contributed by atoms with E-state index in [0.29, 0.717) is 11.8 Å². The summed E-state index contributed by atoms with van der Waals surface area (Å²) >= 11 is 2.11. The lowest BCUT2D eigenvalue weighted by Gasteiger charge is -2.02. The molecule has 0 aliphatic rings. The molecule has 1 aromatic carbocycles. The zero-order valence-corrected chi connectivity index (χ0v) is 9.72. The fourth-order valence-electron chi connectivity index (χ4n) is 0.894. The molecule has 1 aromatic rings. The second-order valence-corrected chi connectivity index (χ2v) is 3.90. The van der Waals surface area contributed by atoms with Crippen LogP contribution in [0.5, 0.6) is 0 Å². The number of carboxylic acids is 1. The van der Waals surface area contributed by atoms with Crippen molar-refractivity contribution in [3.8, 4) is 0 Å². The highest BCUT2D eigenvalue weighted by Crippen LogP contribution is 2.12. The van der Waals surface area contributed by atoms with E-state index in [1.807, 2.05) is 6.07 Å². The van der Waals surface area contributed by atoms with Gasteiger partial charge in [0, 0.05) is 15.3 Å². The molecule has 1 amide bonds. The molecule has 0 radical (unpaired) electrons. The molecule has 15 heavy (non-hydrogen) atoms. The molecule has 1 N–H and O–H groups in total. The SMILES string of the molecule is O=C([O-])/C=C/C(=O)Nc1cccc(I)c1. The van der Waals surface area contributed by atoms with Gasteiger partial charge in [-0.25, -0.2) is 0 Å². The van der Waals surface area contributed by atoms with Gasteiger partial charge in [0.15, 0.2) is 0 Å². The van der Waals surface area contributed by atoms with E-state index >= 15 is 0 Å². The first-order chi connectivity index (χ1) is 7.08. The van der Waals surface area contributed by atoms with Gasteiger partial charge in [-0.15, -0.1) is 0 Å². The van der Waals surface area contributed by atoms with Crippen molar-refractivity contribution in [2.45, 2.75) is 0 Å². The van der Waals surface area contributed by atoms with Crippen LogP contribution in [0.15, 0.2) is 36.4 Å². The summed E-state index contributed by atoms with van der Waals surface area (Å²) in [5.74, 6) is -1.89. The maximum Gasteiger partial charge on any atom is 0.248 e. The molecule has 4 nitrogen and oxygen atoms in total. The number of aliphatic carboxylic acids is 1. The van der Waals surface area contributed by atoms with E-state index in [1.165, 1.54) is 0 Å². The topological polar surface area (TPSA) is 69.2 Å². The number of nitrogens with one attached hydrogen (secondary N) is 1. The van der Waals surface area contributed by atoms with Crippen LogP contribution >= 0.6 is 22.6 Å². The number of hydrogen-bond acceptors (Lipinski definition) is 3. The van der Waals surface area contributed by atoms with E-state index < -0.39 is 11.9 Å². The van der Waals surface area contributed by atoms with Gasteiger partial charge in [-0.05, 0) is 46.9 Å². The summed E-state index contributed by atoms with van der Waals surface area (Å²) in [4.78, 5) is 21.2. The second kappa shape index (κ2) is 5.50. The van der Waals surface area contributed by atoms with Crippen LogP contribution in [-0.2, 0) is 9.59 Å². The van der Waals surface area contributed by atoms with Gasteiger partial charge in [0.1, 0.15) is 0 Å². The zero-order chi connectivity index (χ0) is 11.3. The minimum atomic E-state index is -1.40. The molecule has 78 valence electrons. The summed E-state index contributed by atoms with van der Waals surface area (Å²) in [5.41, 5.74) is 0.620. The third kappa shape index (κ3) is 4.59. The van der Waals surface area contributed by atoms with Crippen LogP contribution in [0.2, 0.25) is 0 Å². The molecule has 0 fully saturated rings. The Labute approximate surface area is 100 Å². The third-order valence-corrected chi connectivity index (χ3v) is 2.13. The van der Waals surface area contributed by atoms with Gasteiger partial charge >= 0.3 is 0 Å². The van der Waals surface area contributed by atoms with E-state index in [0.717, 1.165) is 9.65 Å². The first kappa shape index (κ1) is 11.7. The number of carbonyl (C=O) groups excluding carboxylic acids is 2. The molecule has 0 atom stereocenters. The molecule has 5 heteroatoms. The van der Waals surface area contributed by atoms with Crippen LogP contribution in [-0.4, -0.2) is 11.9 Å². The molecule has 0 aromatic heterocycles. The smallest absolute Gasteiger partial charge is 0.248 e. The number of halogens is 1. The van der Waals surface area contributed by atoms with Crippen molar-refractivity contribution in [3.05, 3.63) is 40.0 Å². The van der Waals surface area contributed by atoms with Gasteiger partial charge in [0.2, 0.25) is 5.91 Å². The summed E-state index contributed by atoms with van der Waals surface area (Å²) in [6.45, 7) is 0. The van der Waals surface area contributed by atoms with Crippen molar-refractivity contribution in [3.63, 3.8) is 0 Å². The third-order valence-electron chi connectivity index (χ3n) is 1.46. The lowest BCUT2D eigenvalue weighted by atomic mass is 10.3. The number of benzene rings is 1. The summed E-state index contributed by atoms with van der Waals surface area (Å²) in [7, 11) is 0. The van der Waals surface area contributed by atoms with E-state index in [4.69, 9.17) is 0 Å². The number of rotatable bonds is 3. The van der Waals surface area contributed by atoms with Crippen LogP contribution in [0.1, 0.15) is 0 Å². The van der Waals surface area contributed by atoms with Gasteiger partial charge < -0.3 is 15.2 Å². The Kier molecular flexibility index (Phi) is 4.29. The normalized spacial score (nSPS) is 10.2. The van der Waals surface area contributed by atoms with Gasteiger partial charge in [-0.3, -0.25) is 4.79 Å². The Morgan fingerprint density at radius 3 is 2.67 bits per heavy atom. The monoisotopic (exact) mass is 316 g/mol. The van der Waals surface area contributed by atoms with Crippen molar-refractivity contribution in [1.29, 1.82) is 0 Å². The predicted molar refractivity (Wildman–Crippen MR) is 61.9 cm³/mol.